The van der Waals surface area contributed by atoms with Crippen molar-refractivity contribution in [2.45, 2.75) is 24.1 Å². The monoisotopic (exact) mass is 340 g/mol. The molecule has 1 unspecified atom stereocenters. The molecule has 0 fully saturated rings. The molecule has 1 atom stereocenters. The summed E-state index contributed by atoms with van der Waals surface area (Å²) in [6, 6.07) is 14.8. The summed E-state index contributed by atoms with van der Waals surface area (Å²) in [6.07, 6.45) is 2.76. The Morgan fingerprint density at radius 2 is 1.84 bits per heavy atom. The van der Waals surface area contributed by atoms with Crippen molar-refractivity contribution in [3.63, 3.8) is 0 Å². The molecule has 19 heavy (non-hydrogen) atoms. The molecular formula is C16H15BrClF. The Morgan fingerprint density at radius 3 is 2.58 bits per heavy atom. The summed E-state index contributed by atoms with van der Waals surface area (Å²) in [4.78, 5) is 0.334. The predicted molar refractivity (Wildman–Crippen MR) is 82.5 cm³/mol. The SMILES string of the molecule is Fc1ccc(Cl)c(CCCC(Br)c2ccccc2)c1. The van der Waals surface area contributed by atoms with Gasteiger partial charge in [0, 0.05) is 9.85 Å². The van der Waals surface area contributed by atoms with E-state index in [1.54, 1.807) is 6.07 Å². The number of hydrogen-bond donors (Lipinski definition) is 0. The quantitative estimate of drug-likeness (QED) is 0.591. The average molecular weight is 342 g/mol. The zero-order valence-corrected chi connectivity index (χ0v) is 12.8. The van der Waals surface area contributed by atoms with Gasteiger partial charge in [-0.1, -0.05) is 57.9 Å². The third-order valence-corrected chi connectivity index (χ3v) is 4.43. The maximum Gasteiger partial charge on any atom is 0.123 e. The van der Waals surface area contributed by atoms with Crippen LogP contribution in [0.5, 0.6) is 0 Å². The zero-order chi connectivity index (χ0) is 13.7. The van der Waals surface area contributed by atoms with E-state index >= 15 is 0 Å². The fourth-order valence-electron chi connectivity index (χ4n) is 2.04. The number of hydrogen-bond acceptors (Lipinski definition) is 0. The summed E-state index contributed by atoms with van der Waals surface area (Å²) >= 11 is 9.74. The lowest BCUT2D eigenvalue weighted by Gasteiger charge is -2.10. The van der Waals surface area contributed by atoms with Crippen molar-refractivity contribution in [3.8, 4) is 0 Å². The van der Waals surface area contributed by atoms with Crippen LogP contribution in [0.15, 0.2) is 48.5 Å². The van der Waals surface area contributed by atoms with E-state index in [0.717, 1.165) is 24.8 Å². The highest BCUT2D eigenvalue weighted by atomic mass is 79.9. The normalized spacial score (nSPS) is 12.4. The van der Waals surface area contributed by atoms with Crippen molar-refractivity contribution in [3.05, 3.63) is 70.5 Å². The van der Waals surface area contributed by atoms with E-state index in [4.69, 9.17) is 11.6 Å². The molecule has 0 spiro atoms. The molecule has 2 rings (SSSR count). The minimum Gasteiger partial charge on any atom is -0.207 e. The minimum atomic E-state index is -0.224. The van der Waals surface area contributed by atoms with Crippen LogP contribution >= 0.6 is 27.5 Å². The van der Waals surface area contributed by atoms with Gasteiger partial charge >= 0.3 is 0 Å². The predicted octanol–water partition coefficient (Wildman–Crippen LogP) is 5.94. The third kappa shape index (κ3) is 4.32. The maximum absolute atomic E-state index is 13.1. The molecule has 0 saturated heterocycles. The molecule has 0 amide bonds. The minimum absolute atomic E-state index is 0.224. The van der Waals surface area contributed by atoms with E-state index in [9.17, 15) is 4.39 Å². The van der Waals surface area contributed by atoms with Crippen LogP contribution in [0.1, 0.15) is 28.8 Å². The second-order valence-corrected chi connectivity index (χ2v) is 6.02. The van der Waals surface area contributed by atoms with Gasteiger partial charge in [-0.15, -0.1) is 0 Å². The molecule has 0 heterocycles. The third-order valence-electron chi connectivity index (χ3n) is 3.07. The van der Waals surface area contributed by atoms with Gasteiger partial charge in [-0.3, -0.25) is 0 Å². The Morgan fingerprint density at radius 1 is 1.11 bits per heavy atom. The highest BCUT2D eigenvalue weighted by Crippen LogP contribution is 2.29. The van der Waals surface area contributed by atoms with Crippen LogP contribution in [0.25, 0.3) is 0 Å². The summed E-state index contributed by atoms with van der Waals surface area (Å²) < 4.78 is 13.1. The van der Waals surface area contributed by atoms with Crippen molar-refractivity contribution >= 4 is 27.5 Å². The number of aryl methyl sites for hydroxylation is 1. The first kappa shape index (κ1) is 14.5. The smallest absolute Gasteiger partial charge is 0.123 e. The Kier molecular flexibility index (Phi) is 5.41. The maximum atomic E-state index is 13.1. The van der Waals surface area contributed by atoms with E-state index in [2.05, 4.69) is 28.1 Å². The first-order chi connectivity index (χ1) is 9.16. The molecule has 100 valence electrons. The van der Waals surface area contributed by atoms with Crippen LogP contribution in [0.2, 0.25) is 5.02 Å². The molecule has 2 aromatic rings. The Balaban J connectivity index is 1.88. The zero-order valence-electron chi connectivity index (χ0n) is 10.5. The molecule has 2 aromatic carbocycles. The van der Waals surface area contributed by atoms with Gasteiger partial charge in [0.25, 0.3) is 0 Å². The van der Waals surface area contributed by atoms with E-state index in [-0.39, 0.29) is 5.82 Å². The van der Waals surface area contributed by atoms with Crippen LogP contribution in [0.3, 0.4) is 0 Å². The van der Waals surface area contributed by atoms with Gasteiger partial charge in [0.2, 0.25) is 0 Å². The largest absolute Gasteiger partial charge is 0.207 e. The van der Waals surface area contributed by atoms with Gasteiger partial charge in [-0.2, -0.15) is 0 Å². The number of alkyl halides is 1. The summed E-state index contributed by atoms with van der Waals surface area (Å²) in [5, 5.41) is 0.646. The molecule has 0 aromatic heterocycles. The lowest BCUT2D eigenvalue weighted by molar-refractivity contribution is 0.623. The van der Waals surface area contributed by atoms with Crippen molar-refractivity contribution in [2.24, 2.45) is 0 Å². The number of rotatable bonds is 5. The van der Waals surface area contributed by atoms with Crippen LogP contribution in [-0.2, 0) is 6.42 Å². The Hall–Kier alpha value is -0.860. The van der Waals surface area contributed by atoms with Gasteiger partial charge in [-0.25, -0.2) is 4.39 Å². The molecule has 0 bridgehead atoms. The standard InChI is InChI=1S/C16H15BrClF/c17-15(12-5-2-1-3-6-12)8-4-7-13-11-14(19)9-10-16(13)18/h1-3,5-6,9-11,15H,4,7-8H2. The summed E-state index contributed by atoms with van der Waals surface area (Å²) in [7, 11) is 0. The molecule has 0 aliphatic rings. The second-order valence-electron chi connectivity index (χ2n) is 4.51. The van der Waals surface area contributed by atoms with Gasteiger partial charge < -0.3 is 0 Å². The molecule has 0 N–H and O–H groups in total. The number of benzene rings is 2. The van der Waals surface area contributed by atoms with Crippen molar-refractivity contribution in [2.75, 3.05) is 0 Å². The van der Waals surface area contributed by atoms with Gasteiger partial charge in [-0.05, 0) is 48.6 Å². The lowest BCUT2D eigenvalue weighted by atomic mass is 10.0. The summed E-state index contributed by atoms with van der Waals surface area (Å²) in [5.41, 5.74) is 2.15. The van der Waals surface area contributed by atoms with E-state index in [0.29, 0.717) is 9.85 Å². The Labute approximate surface area is 126 Å². The first-order valence-corrected chi connectivity index (χ1v) is 7.59. The highest BCUT2D eigenvalue weighted by molar-refractivity contribution is 9.09. The van der Waals surface area contributed by atoms with E-state index < -0.39 is 0 Å². The van der Waals surface area contributed by atoms with Gasteiger partial charge in [0.15, 0.2) is 0 Å². The summed E-state index contributed by atoms with van der Waals surface area (Å²) in [5.74, 6) is -0.224. The fourth-order valence-corrected chi connectivity index (χ4v) is 2.88. The molecular weight excluding hydrogens is 327 g/mol. The average Bonchev–Trinajstić information content (AvgIpc) is 2.43. The van der Waals surface area contributed by atoms with Crippen molar-refractivity contribution < 1.29 is 4.39 Å². The fraction of sp³-hybridized carbons (Fsp3) is 0.250. The lowest BCUT2D eigenvalue weighted by Crippen LogP contribution is -1.93. The molecule has 0 nitrogen and oxygen atoms in total. The van der Waals surface area contributed by atoms with Crippen molar-refractivity contribution in [1.29, 1.82) is 0 Å². The molecule has 0 saturated carbocycles. The highest BCUT2D eigenvalue weighted by Gasteiger charge is 2.08. The topological polar surface area (TPSA) is 0 Å². The van der Waals surface area contributed by atoms with Crippen LogP contribution < -0.4 is 0 Å². The van der Waals surface area contributed by atoms with E-state index in [1.807, 2.05) is 18.2 Å². The molecule has 3 heteroatoms. The molecule has 0 aliphatic heterocycles. The molecule has 0 aliphatic carbocycles. The van der Waals surface area contributed by atoms with Crippen LogP contribution in [0, 0.1) is 5.82 Å². The molecule has 0 radical (unpaired) electrons. The van der Waals surface area contributed by atoms with Crippen LogP contribution in [-0.4, -0.2) is 0 Å². The second kappa shape index (κ2) is 7.06. The first-order valence-electron chi connectivity index (χ1n) is 6.30. The number of halogens is 3. The van der Waals surface area contributed by atoms with Crippen molar-refractivity contribution in [1.82, 2.24) is 0 Å². The van der Waals surface area contributed by atoms with Gasteiger partial charge in [0.05, 0.1) is 0 Å². The Bertz CT molecular complexity index is 528. The van der Waals surface area contributed by atoms with Crippen LogP contribution in [0.4, 0.5) is 4.39 Å². The summed E-state index contributed by atoms with van der Waals surface area (Å²) in [6.45, 7) is 0. The van der Waals surface area contributed by atoms with E-state index in [1.165, 1.54) is 17.7 Å². The van der Waals surface area contributed by atoms with Gasteiger partial charge in [0.1, 0.15) is 5.82 Å².